The topological polar surface area (TPSA) is 72.5 Å². The smallest absolute Gasteiger partial charge is 0.252 e. The summed E-state index contributed by atoms with van der Waals surface area (Å²) < 4.78 is 10.6. The van der Waals surface area contributed by atoms with Crippen molar-refractivity contribution in [1.82, 2.24) is 10.3 Å². The summed E-state index contributed by atoms with van der Waals surface area (Å²) in [7, 11) is 3.25. The van der Waals surface area contributed by atoms with Gasteiger partial charge in [0.2, 0.25) is 0 Å². The molecule has 0 spiro atoms. The van der Waals surface area contributed by atoms with Gasteiger partial charge in [-0.1, -0.05) is 19.4 Å². The fourth-order valence-corrected chi connectivity index (χ4v) is 2.48. The zero-order valence-electron chi connectivity index (χ0n) is 15.7. The number of pyridine rings is 1. The molecule has 1 amide bonds. The lowest BCUT2D eigenvalue weighted by molar-refractivity contribution is 0.0953. The number of nitrogens with one attached hydrogen (secondary N) is 2. The molecule has 6 heteroatoms. The van der Waals surface area contributed by atoms with Crippen LogP contribution in [0.15, 0.2) is 36.5 Å². The third kappa shape index (κ3) is 5.65. The lowest BCUT2D eigenvalue weighted by Crippen LogP contribution is -2.24. The maximum absolute atomic E-state index is 11.9. The van der Waals surface area contributed by atoms with Crippen molar-refractivity contribution < 1.29 is 14.3 Å². The Labute approximate surface area is 154 Å². The lowest BCUT2D eigenvalue weighted by Gasteiger charge is -2.10. The van der Waals surface area contributed by atoms with Gasteiger partial charge in [-0.25, -0.2) is 4.98 Å². The number of carbonyl (C=O) groups is 1. The second-order valence-electron chi connectivity index (χ2n) is 5.91. The van der Waals surface area contributed by atoms with E-state index in [4.69, 9.17) is 9.47 Å². The molecule has 2 N–H and O–H groups in total. The van der Waals surface area contributed by atoms with Gasteiger partial charge in [-0.15, -0.1) is 0 Å². The molecule has 2 rings (SSSR count). The number of benzene rings is 1. The molecular weight excluding hydrogens is 330 g/mol. The number of unbranched alkanes of at least 4 members (excludes halogenated alkanes) is 1. The van der Waals surface area contributed by atoms with Gasteiger partial charge in [-0.2, -0.15) is 0 Å². The molecule has 1 aromatic carbocycles. The number of hydrogen-bond donors (Lipinski definition) is 2. The minimum absolute atomic E-state index is 0.0807. The van der Waals surface area contributed by atoms with Crippen LogP contribution in [0.4, 0.5) is 5.82 Å². The van der Waals surface area contributed by atoms with Crippen molar-refractivity contribution in [2.45, 2.75) is 26.2 Å². The van der Waals surface area contributed by atoms with Crippen molar-refractivity contribution in [2.75, 3.05) is 32.6 Å². The Morgan fingerprint density at radius 2 is 1.88 bits per heavy atom. The fourth-order valence-electron chi connectivity index (χ4n) is 2.48. The van der Waals surface area contributed by atoms with E-state index in [0.717, 1.165) is 48.7 Å². The van der Waals surface area contributed by atoms with Crippen LogP contribution >= 0.6 is 0 Å². The predicted molar refractivity (Wildman–Crippen MR) is 103 cm³/mol. The van der Waals surface area contributed by atoms with E-state index in [1.165, 1.54) is 0 Å². The van der Waals surface area contributed by atoms with Gasteiger partial charge in [0.15, 0.2) is 11.5 Å². The maximum Gasteiger partial charge on any atom is 0.252 e. The first kappa shape index (κ1) is 19.6. The van der Waals surface area contributed by atoms with Gasteiger partial charge >= 0.3 is 0 Å². The largest absolute Gasteiger partial charge is 0.493 e. The van der Waals surface area contributed by atoms with Crippen LogP contribution in [0.3, 0.4) is 0 Å². The van der Waals surface area contributed by atoms with Crippen molar-refractivity contribution in [3.8, 4) is 11.5 Å². The molecule has 2 aromatic rings. The molecule has 6 nitrogen and oxygen atoms in total. The molecule has 26 heavy (non-hydrogen) atoms. The number of anilines is 1. The van der Waals surface area contributed by atoms with Crippen LogP contribution < -0.4 is 20.1 Å². The molecule has 0 aliphatic rings. The minimum atomic E-state index is -0.0807. The summed E-state index contributed by atoms with van der Waals surface area (Å²) in [6, 6.07) is 9.49. The van der Waals surface area contributed by atoms with Crippen LogP contribution in [-0.4, -0.2) is 38.2 Å². The summed E-state index contributed by atoms with van der Waals surface area (Å²) in [4.78, 5) is 16.3. The number of nitrogens with zero attached hydrogens (tertiary/aromatic N) is 1. The second kappa shape index (κ2) is 10.3. The van der Waals surface area contributed by atoms with Crippen molar-refractivity contribution in [3.63, 3.8) is 0 Å². The quantitative estimate of drug-likeness (QED) is 0.639. The van der Waals surface area contributed by atoms with E-state index in [-0.39, 0.29) is 5.91 Å². The van der Waals surface area contributed by atoms with Gasteiger partial charge in [-0.05, 0) is 42.7 Å². The molecule has 0 aliphatic heterocycles. The highest BCUT2D eigenvalue weighted by Gasteiger charge is 2.06. The van der Waals surface area contributed by atoms with Crippen molar-refractivity contribution in [3.05, 3.63) is 47.7 Å². The molecule has 0 unspecified atom stereocenters. The normalized spacial score (nSPS) is 10.3. The van der Waals surface area contributed by atoms with Gasteiger partial charge < -0.3 is 20.1 Å². The molecule has 0 radical (unpaired) electrons. The molecule has 1 heterocycles. The van der Waals surface area contributed by atoms with E-state index < -0.39 is 0 Å². The molecule has 0 saturated carbocycles. The fraction of sp³-hybridized carbons (Fsp3) is 0.400. The van der Waals surface area contributed by atoms with E-state index in [1.54, 1.807) is 26.5 Å². The Hall–Kier alpha value is -2.76. The third-order valence-electron chi connectivity index (χ3n) is 4.01. The van der Waals surface area contributed by atoms with Gasteiger partial charge in [0, 0.05) is 19.3 Å². The number of amides is 1. The molecule has 0 bridgehead atoms. The molecule has 0 saturated heterocycles. The Kier molecular flexibility index (Phi) is 7.74. The maximum atomic E-state index is 11.9. The van der Waals surface area contributed by atoms with Crippen LogP contribution in [0.1, 0.15) is 35.7 Å². The molecule has 0 atom stereocenters. The Morgan fingerprint density at radius 3 is 2.54 bits per heavy atom. The zero-order chi connectivity index (χ0) is 18.8. The second-order valence-corrected chi connectivity index (χ2v) is 5.91. The average Bonchev–Trinajstić information content (AvgIpc) is 2.68. The number of aromatic nitrogens is 1. The number of ether oxygens (including phenoxy) is 2. The molecular formula is C20H27N3O3. The first-order valence-electron chi connectivity index (χ1n) is 8.87. The van der Waals surface area contributed by atoms with Crippen LogP contribution in [0.25, 0.3) is 0 Å². The highest BCUT2D eigenvalue weighted by molar-refractivity contribution is 5.94. The van der Waals surface area contributed by atoms with E-state index in [9.17, 15) is 4.79 Å². The summed E-state index contributed by atoms with van der Waals surface area (Å²) in [5.74, 6) is 2.11. The summed E-state index contributed by atoms with van der Waals surface area (Å²) in [5.41, 5.74) is 1.72. The van der Waals surface area contributed by atoms with Crippen LogP contribution in [0.2, 0.25) is 0 Å². The van der Waals surface area contributed by atoms with Crippen LogP contribution in [0, 0.1) is 0 Å². The van der Waals surface area contributed by atoms with Gasteiger partial charge in [0.1, 0.15) is 5.82 Å². The van der Waals surface area contributed by atoms with E-state index in [2.05, 4.69) is 22.5 Å². The zero-order valence-corrected chi connectivity index (χ0v) is 15.7. The van der Waals surface area contributed by atoms with Gasteiger partial charge in [0.25, 0.3) is 5.91 Å². The molecule has 0 aliphatic carbocycles. The van der Waals surface area contributed by atoms with Crippen LogP contribution in [0.5, 0.6) is 11.5 Å². The van der Waals surface area contributed by atoms with Crippen molar-refractivity contribution in [2.24, 2.45) is 0 Å². The van der Waals surface area contributed by atoms with E-state index >= 15 is 0 Å². The highest BCUT2D eigenvalue weighted by atomic mass is 16.5. The summed E-state index contributed by atoms with van der Waals surface area (Å²) in [6.45, 7) is 3.52. The third-order valence-corrected chi connectivity index (χ3v) is 4.01. The predicted octanol–water partition coefficient (Wildman–Crippen LogP) is 3.28. The Morgan fingerprint density at radius 1 is 1.08 bits per heavy atom. The standard InChI is InChI=1S/C20H27N3O3/c1-4-5-11-22-20(24)16-7-9-19(23-14-16)21-12-10-15-6-8-17(25-2)18(13-15)26-3/h6-9,13-14H,4-5,10-12H2,1-3H3,(H,21,23)(H,22,24). The van der Waals surface area contributed by atoms with Gasteiger partial charge in [-0.3, -0.25) is 4.79 Å². The minimum Gasteiger partial charge on any atom is -0.493 e. The Balaban J connectivity index is 1.83. The number of carbonyl (C=O) groups excluding carboxylic acids is 1. The number of methoxy groups -OCH3 is 2. The average molecular weight is 357 g/mol. The Bertz CT molecular complexity index is 702. The summed E-state index contributed by atoms with van der Waals surface area (Å²) >= 11 is 0. The molecule has 1 aromatic heterocycles. The summed E-state index contributed by atoms with van der Waals surface area (Å²) in [6.07, 6.45) is 4.46. The number of rotatable bonds is 10. The lowest BCUT2D eigenvalue weighted by atomic mass is 10.1. The first-order valence-corrected chi connectivity index (χ1v) is 8.87. The number of hydrogen-bond acceptors (Lipinski definition) is 5. The SMILES string of the molecule is CCCCNC(=O)c1ccc(NCCc2ccc(OC)c(OC)c2)nc1. The van der Waals surface area contributed by atoms with Crippen LogP contribution in [-0.2, 0) is 6.42 Å². The summed E-state index contributed by atoms with van der Waals surface area (Å²) in [5, 5.41) is 6.15. The van der Waals surface area contributed by atoms with Crippen molar-refractivity contribution in [1.29, 1.82) is 0 Å². The molecule has 0 fully saturated rings. The van der Waals surface area contributed by atoms with E-state index in [0.29, 0.717) is 12.1 Å². The van der Waals surface area contributed by atoms with Gasteiger partial charge in [0.05, 0.1) is 19.8 Å². The first-order chi connectivity index (χ1) is 12.7. The molecule has 140 valence electrons. The monoisotopic (exact) mass is 357 g/mol. The van der Waals surface area contributed by atoms with Crippen molar-refractivity contribution >= 4 is 11.7 Å². The van der Waals surface area contributed by atoms with E-state index in [1.807, 2.05) is 24.3 Å². The highest BCUT2D eigenvalue weighted by Crippen LogP contribution is 2.27.